The lowest BCUT2D eigenvalue weighted by Crippen LogP contribution is -2.31. The molecule has 4 rings (SSSR count). The lowest BCUT2D eigenvalue weighted by atomic mass is 10.0. The third-order valence-corrected chi connectivity index (χ3v) is 7.53. The van der Waals surface area contributed by atoms with Gasteiger partial charge in [0.05, 0.1) is 10.6 Å². The van der Waals surface area contributed by atoms with Crippen molar-refractivity contribution in [2.45, 2.75) is 24.3 Å². The van der Waals surface area contributed by atoms with Crippen molar-refractivity contribution in [2.24, 2.45) is 0 Å². The number of amides is 1. The van der Waals surface area contributed by atoms with Crippen molar-refractivity contribution in [1.29, 1.82) is 0 Å². The Morgan fingerprint density at radius 1 is 1.00 bits per heavy atom. The van der Waals surface area contributed by atoms with Crippen molar-refractivity contribution in [3.8, 4) is 5.75 Å². The molecule has 7 nitrogen and oxygen atoms in total. The molecular weight excluding hydrogens is 508 g/mol. The van der Waals surface area contributed by atoms with Gasteiger partial charge in [-0.2, -0.15) is 0 Å². The van der Waals surface area contributed by atoms with Gasteiger partial charge in [-0.1, -0.05) is 30.3 Å². The smallest absolute Gasteiger partial charge is 0.407 e. The molecule has 2 N–H and O–H groups in total. The van der Waals surface area contributed by atoms with E-state index in [-0.39, 0.29) is 4.90 Å². The van der Waals surface area contributed by atoms with Crippen LogP contribution in [0.5, 0.6) is 5.75 Å². The first-order chi connectivity index (χ1) is 15.8. The SMILES string of the molecule is O=C(O)N1CCc2cc(Br)c(NS(=O)(=O)c3ccc(OCc4ccccc4)cc3)cc2CC1. The zero-order valence-electron chi connectivity index (χ0n) is 17.7. The summed E-state index contributed by atoms with van der Waals surface area (Å²) in [4.78, 5) is 12.8. The molecule has 0 aromatic heterocycles. The number of carbonyl (C=O) groups is 1. The number of fused-ring (bicyclic) bond motifs is 1. The van der Waals surface area contributed by atoms with E-state index in [0.717, 1.165) is 16.7 Å². The van der Waals surface area contributed by atoms with Crippen LogP contribution in [0.15, 0.2) is 76.1 Å². The zero-order valence-corrected chi connectivity index (χ0v) is 20.1. The van der Waals surface area contributed by atoms with E-state index in [4.69, 9.17) is 4.74 Å². The maximum atomic E-state index is 13.0. The van der Waals surface area contributed by atoms with Crippen LogP contribution in [0, 0.1) is 0 Å². The Labute approximate surface area is 201 Å². The van der Waals surface area contributed by atoms with Crippen molar-refractivity contribution in [3.05, 3.63) is 87.9 Å². The van der Waals surface area contributed by atoms with Crippen LogP contribution in [0.4, 0.5) is 10.5 Å². The van der Waals surface area contributed by atoms with E-state index in [1.807, 2.05) is 36.4 Å². The summed E-state index contributed by atoms with van der Waals surface area (Å²) in [7, 11) is -3.82. The maximum Gasteiger partial charge on any atom is 0.407 e. The number of ether oxygens (including phenoxy) is 1. The number of nitrogens with zero attached hydrogens (tertiary/aromatic N) is 1. The monoisotopic (exact) mass is 530 g/mol. The van der Waals surface area contributed by atoms with Crippen LogP contribution in [-0.2, 0) is 29.5 Å². The summed E-state index contributed by atoms with van der Waals surface area (Å²) in [5.41, 5.74) is 3.38. The van der Waals surface area contributed by atoms with Gasteiger partial charge in [-0.25, -0.2) is 13.2 Å². The highest BCUT2D eigenvalue weighted by Crippen LogP contribution is 2.31. The van der Waals surface area contributed by atoms with Gasteiger partial charge in [0.25, 0.3) is 10.0 Å². The van der Waals surface area contributed by atoms with Crippen LogP contribution < -0.4 is 9.46 Å². The lowest BCUT2D eigenvalue weighted by Gasteiger charge is -2.15. The minimum absolute atomic E-state index is 0.119. The van der Waals surface area contributed by atoms with Gasteiger partial charge in [-0.15, -0.1) is 0 Å². The molecule has 1 heterocycles. The van der Waals surface area contributed by atoms with Gasteiger partial charge in [0.15, 0.2) is 0 Å². The second kappa shape index (κ2) is 9.84. The van der Waals surface area contributed by atoms with Crippen LogP contribution in [0.25, 0.3) is 0 Å². The molecule has 0 bridgehead atoms. The Kier molecular flexibility index (Phi) is 6.90. The molecule has 0 saturated heterocycles. The summed E-state index contributed by atoms with van der Waals surface area (Å²) < 4.78 is 34.9. The highest BCUT2D eigenvalue weighted by Gasteiger charge is 2.21. The van der Waals surface area contributed by atoms with Gasteiger partial charge < -0.3 is 14.7 Å². The Morgan fingerprint density at radius 2 is 1.64 bits per heavy atom. The number of anilines is 1. The first kappa shape index (κ1) is 23.1. The summed E-state index contributed by atoms with van der Waals surface area (Å²) >= 11 is 3.45. The van der Waals surface area contributed by atoms with Gasteiger partial charge >= 0.3 is 6.09 Å². The number of hydrogen-bond donors (Lipinski definition) is 2. The number of benzene rings is 3. The fourth-order valence-electron chi connectivity index (χ4n) is 3.68. The van der Waals surface area contributed by atoms with Crippen LogP contribution in [0.1, 0.15) is 16.7 Å². The normalized spacial score (nSPS) is 13.7. The molecule has 0 atom stereocenters. The van der Waals surface area contributed by atoms with E-state index in [9.17, 15) is 18.3 Å². The average Bonchev–Trinajstić information content (AvgIpc) is 3.01. The fourth-order valence-corrected chi connectivity index (χ4v) is 5.37. The number of carboxylic acid groups (broad SMARTS) is 1. The fraction of sp³-hybridized carbons (Fsp3) is 0.208. The highest BCUT2D eigenvalue weighted by atomic mass is 79.9. The van der Waals surface area contributed by atoms with Crippen molar-refractivity contribution < 1.29 is 23.1 Å². The summed E-state index contributed by atoms with van der Waals surface area (Å²) in [6.45, 7) is 1.19. The predicted octanol–water partition coefficient (Wildman–Crippen LogP) is 4.91. The first-order valence-electron chi connectivity index (χ1n) is 10.4. The van der Waals surface area contributed by atoms with Gasteiger partial charge in [0.1, 0.15) is 12.4 Å². The Balaban J connectivity index is 1.47. The standard InChI is InChI=1S/C24H23BrN2O5S/c25-22-14-18-10-12-27(24(28)29)13-11-19(18)15-23(22)26-33(30,31)21-8-6-20(7-9-21)32-16-17-4-2-1-3-5-17/h1-9,14-15,26H,10-13,16H2,(H,28,29). The number of nitrogens with one attached hydrogen (secondary N) is 1. The van der Waals surface area contributed by atoms with Crippen molar-refractivity contribution in [2.75, 3.05) is 17.8 Å². The number of hydrogen-bond acceptors (Lipinski definition) is 4. The third kappa shape index (κ3) is 5.66. The summed E-state index contributed by atoms with van der Waals surface area (Å²) in [5, 5.41) is 9.26. The van der Waals surface area contributed by atoms with Crippen molar-refractivity contribution >= 4 is 37.7 Å². The maximum absolute atomic E-state index is 13.0. The molecule has 1 amide bonds. The average molecular weight is 531 g/mol. The molecule has 1 aliphatic heterocycles. The predicted molar refractivity (Wildman–Crippen MR) is 129 cm³/mol. The molecule has 3 aromatic rings. The van der Waals surface area contributed by atoms with Gasteiger partial charge in [0.2, 0.25) is 0 Å². The van der Waals surface area contributed by atoms with Gasteiger partial charge in [0, 0.05) is 17.6 Å². The van der Waals surface area contributed by atoms with Gasteiger partial charge in [-0.05, 0) is 81.9 Å². The second-order valence-electron chi connectivity index (χ2n) is 7.72. The molecule has 3 aromatic carbocycles. The molecule has 1 aliphatic rings. The van der Waals surface area contributed by atoms with E-state index in [2.05, 4.69) is 20.7 Å². The summed E-state index contributed by atoms with van der Waals surface area (Å²) in [6, 6.07) is 19.6. The van der Waals surface area contributed by atoms with Crippen LogP contribution in [0.3, 0.4) is 0 Å². The summed E-state index contributed by atoms with van der Waals surface area (Å²) in [6.07, 6.45) is 0.161. The Bertz CT molecular complexity index is 1250. The zero-order chi connectivity index (χ0) is 23.4. The number of rotatable bonds is 6. The van der Waals surface area contributed by atoms with E-state index < -0.39 is 16.1 Å². The lowest BCUT2D eigenvalue weighted by molar-refractivity contribution is 0.147. The molecule has 0 spiro atoms. The van der Waals surface area contributed by atoms with Crippen LogP contribution in [0.2, 0.25) is 0 Å². The van der Waals surface area contributed by atoms with E-state index in [0.29, 0.717) is 48.4 Å². The van der Waals surface area contributed by atoms with E-state index in [1.165, 1.54) is 17.0 Å². The molecular formula is C24H23BrN2O5S. The molecule has 0 aliphatic carbocycles. The first-order valence-corrected chi connectivity index (χ1v) is 12.7. The molecule has 33 heavy (non-hydrogen) atoms. The topological polar surface area (TPSA) is 95.9 Å². The Morgan fingerprint density at radius 3 is 2.27 bits per heavy atom. The van der Waals surface area contributed by atoms with Crippen molar-refractivity contribution in [1.82, 2.24) is 4.90 Å². The van der Waals surface area contributed by atoms with E-state index in [1.54, 1.807) is 18.2 Å². The molecule has 0 unspecified atom stereocenters. The summed E-state index contributed by atoms with van der Waals surface area (Å²) in [5.74, 6) is 0.576. The third-order valence-electron chi connectivity index (χ3n) is 5.49. The molecule has 0 saturated carbocycles. The van der Waals surface area contributed by atoms with Gasteiger partial charge in [-0.3, -0.25) is 4.72 Å². The largest absolute Gasteiger partial charge is 0.489 e. The van der Waals surface area contributed by atoms with Crippen molar-refractivity contribution in [3.63, 3.8) is 0 Å². The molecule has 0 radical (unpaired) electrons. The van der Waals surface area contributed by atoms with Crippen LogP contribution >= 0.6 is 15.9 Å². The minimum atomic E-state index is -3.82. The quantitative estimate of drug-likeness (QED) is 0.472. The molecule has 0 fully saturated rings. The van der Waals surface area contributed by atoms with E-state index >= 15 is 0 Å². The molecule has 172 valence electrons. The highest BCUT2D eigenvalue weighted by molar-refractivity contribution is 9.10. The van der Waals surface area contributed by atoms with Crippen LogP contribution in [-0.4, -0.2) is 37.6 Å². The number of halogens is 1. The number of sulfonamides is 1. The Hall–Kier alpha value is -3.04. The second-order valence-corrected chi connectivity index (χ2v) is 10.3. The molecule has 9 heteroatoms. The minimum Gasteiger partial charge on any atom is -0.489 e.